The maximum atomic E-state index is 12.5. The lowest BCUT2D eigenvalue weighted by molar-refractivity contribution is -0.143. The van der Waals surface area contributed by atoms with Gasteiger partial charge in [-0.3, -0.25) is 9.59 Å². The van der Waals surface area contributed by atoms with Gasteiger partial charge in [-0.15, -0.1) is 0 Å². The number of hydrogen-bond acceptors (Lipinski definition) is 5. The van der Waals surface area contributed by atoms with Crippen LogP contribution in [0.3, 0.4) is 0 Å². The van der Waals surface area contributed by atoms with Gasteiger partial charge in [-0.2, -0.15) is 0 Å². The van der Waals surface area contributed by atoms with Crippen molar-refractivity contribution in [3.63, 3.8) is 0 Å². The van der Waals surface area contributed by atoms with E-state index in [0.29, 0.717) is 19.4 Å². The van der Waals surface area contributed by atoms with Gasteiger partial charge in [0, 0.05) is 12.8 Å². The van der Waals surface area contributed by atoms with Crippen molar-refractivity contribution in [2.24, 2.45) is 0 Å². The molecule has 3 N–H and O–H groups in total. The number of rotatable bonds is 62. The lowest BCUT2D eigenvalue weighted by Crippen LogP contribution is -2.45. The Balaban J connectivity index is 3.37. The fourth-order valence-corrected chi connectivity index (χ4v) is 10.4. The van der Waals surface area contributed by atoms with Gasteiger partial charge in [-0.05, 0) is 57.8 Å². The lowest BCUT2D eigenvalue weighted by Gasteiger charge is -2.20. The van der Waals surface area contributed by atoms with E-state index in [0.717, 1.165) is 44.9 Å². The van der Waals surface area contributed by atoms with Crippen LogP contribution in [0.5, 0.6) is 0 Å². The third-order valence-electron chi connectivity index (χ3n) is 15.5. The monoisotopic (exact) mass is 1030 g/mol. The minimum Gasteiger partial charge on any atom is -0.466 e. The van der Waals surface area contributed by atoms with E-state index in [-0.39, 0.29) is 18.5 Å². The molecular weight excluding hydrogens is 899 g/mol. The quantitative estimate of drug-likeness (QED) is 0.0320. The van der Waals surface area contributed by atoms with Crippen molar-refractivity contribution < 1.29 is 24.5 Å². The van der Waals surface area contributed by atoms with Crippen LogP contribution in [0.25, 0.3) is 0 Å². The summed E-state index contributed by atoms with van der Waals surface area (Å²) in [5, 5.41) is 23.1. The fraction of sp³-hybridized carbons (Fsp3) is 0.910. The molecule has 0 radical (unpaired) electrons. The van der Waals surface area contributed by atoms with Gasteiger partial charge < -0.3 is 20.3 Å². The highest BCUT2D eigenvalue weighted by Crippen LogP contribution is 2.18. The summed E-state index contributed by atoms with van der Waals surface area (Å²) in [6, 6.07) is -0.628. The van der Waals surface area contributed by atoms with E-state index in [4.69, 9.17) is 4.74 Å². The number of carbonyl (C=O) groups is 2. The van der Waals surface area contributed by atoms with Crippen LogP contribution in [0.15, 0.2) is 24.3 Å². The van der Waals surface area contributed by atoms with E-state index in [1.54, 1.807) is 6.08 Å². The molecule has 0 heterocycles. The molecule has 0 aromatic carbocycles. The molecule has 2 atom stereocenters. The first-order valence-corrected chi connectivity index (χ1v) is 33.1. The second kappa shape index (κ2) is 62.9. The Hall–Kier alpha value is -1.66. The molecule has 0 rings (SSSR count). The van der Waals surface area contributed by atoms with Gasteiger partial charge in [-0.25, -0.2) is 0 Å². The highest BCUT2D eigenvalue weighted by atomic mass is 16.5. The molecule has 0 fully saturated rings. The van der Waals surface area contributed by atoms with E-state index >= 15 is 0 Å². The van der Waals surface area contributed by atoms with Gasteiger partial charge in [0.1, 0.15) is 0 Å². The minimum absolute atomic E-state index is 0.0129. The number of esters is 1. The Kier molecular flexibility index (Phi) is 61.4. The lowest BCUT2D eigenvalue weighted by atomic mass is 10.0. The zero-order valence-electron chi connectivity index (χ0n) is 49.4. The summed E-state index contributed by atoms with van der Waals surface area (Å²) in [7, 11) is 0. The molecule has 0 bridgehead atoms. The predicted molar refractivity (Wildman–Crippen MR) is 320 cm³/mol. The third-order valence-corrected chi connectivity index (χ3v) is 15.5. The Morgan fingerprint density at radius 1 is 0.370 bits per heavy atom. The van der Waals surface area contributed by atoms with E-state index in [1.165, 1.54) is 295 Å². The molecule has 0 saturated heterocycles. The molecule has 0 aliphatic rings. The zero-order chi connectivity index (χ0) is 52.9. The largest absolute Gasteiger partial charge is 0.466 e. The van der Waals surface area contributed by atoms with Crippen LogP contribution >= 0.6 is 0 Å². The van der Waals surface area contributed by atoms with Gasteiger partial charge >= 0.3 is 5.97 Å². The molecule has 0 aromatic rings. The number of aliphatic hydroxyl groups is 2. The second-order valence-corrected chi connectivity index (χ2v) is 22.8. The fourth-order valence-electron chi connectivity index (χ4n) is 10.4. The summed E-state index contributed by atoms with van der Waals surface area (Å²) >= 11 is 0. The highest BCUT2D eigenvalue weighted by molar-refractivity contribution is 5.76. The normalized spacial score (nSPS) is 12.7. The Morgan fingerprint density at radius 3 is 0.973 bits per heavy atom. The Bertz CT molecular complexity index is 1140. The van der Waals surface area contributed by atoms with Crippen LogP contribution in [0, 0.1) is 0 Å². The second-order valence-electron chi connectivity index (χ2n) is 22.8. The van der Waals surface area contributed by atoms with Gasteiger partial charge in [-0.1, -0.05) is 321 Å². The first kappa shape index (κ1) is 71.3. The van der Waals surface area contributed by atoms with Gasteiger partial charge in [0.05, 0.1) is 25.4 Å². The topological polar surface area (TPSA) is 95.9 Å². The van der Waals surface area contributed by atoms with E-state index in [1.807, 2.05) is 6.08 Å². The molecule has 2 unspecified atom stereocenters. The summed E-state index contributed by atoms with van der Waals surface area (Å²) in [5.74, 6) is -0.0532. The first-order valence-electron chi connectivity index (χ1n) is 33.1. The molecular formula is C67H129NO5. The molecule has 432 valence electrons. The average molecular weight is 1030 g/mol. The molecule has 6 nitrogen and oxygen atoms in total. The molecule has 0 spiro atoms. The standard InChI is InChI=1S/C67H129NO5/c1-3-5-7-9-11-13-15-17-19-20-25-29-33-37-41-45-49-53-57-61-67(72)73-62-58-54-50-46-42-38-34-30-27-24-22-21-23-26-28-32-36-40-44-48-52-56-60-66(71)68-64(63-69)65(70)59-55-51-47-43-39-35-31-18-16-14-12-10-8-6-4-2/h17,19,55,59,64-65,69-70H,3-16,18,20-54,56-58,60-63H2,1-2H3,(H,68,71)/b19-17-,59-55+. The smallest absolute Gasteiger partial charge is 0.305 e. The maximum Gasteiger partial charge on any atom is 0.305 e. The van der Waals surface area contributed by atoms with Crippen molar-refractivity contribution in [2.75, 3.05) is 13.2 Å². The summed E-state index contributed by atoms with van der Waals surface area (Å²) < 4.78 is 5.50. The van der Waals surface area contributed by atoms with E-state index in [2.05, 4.69) is 31.3 Å². The number of unbranched alkanes of at least 4 members (excludes halogenated alkanes) is 49. The van der Waals surface area contributed by atoms with Gasteiger partial charge in [0.25, 0.3) is 0 Å². The SMILES string of the molecule is CCCCCCCC/C=C\CCCCCCCCCCCC(=O)OCCCCCCCCCCCCCCCCCCCCCCCCC(=O)NC(CO)C(O)/C=C/CCCCCCCCCCCCCCC. The number of aliphatic hydroxyl groups excluding tert-OH is 2. The van der Waals surface area contributed by atoms with Crippen LogP contribution in [-0.2, 0) is 14.3 Å². The van der Waals surface area contributed by atoms with Gasteiger partial charge in [0.15, 0.2) is 0 Å². The zero-order valence-corrected chi connectivity index (χ0v) is 49.4. The van der Waals surface area contributed by atoms with Crippen molar-refractivity contribution in [2.45, 2.75) is 379 Å². The van der Waals surface area contributed by atoms with Crippen molar-refractivity contribution in [3.05, 3.63) is 24.3 Å². The number of hydrogen-bond donors (Lipinski definition) is 3. The molecule has 73 heavy (non-hydrogen) atoms. The Morgan fingerprint density at radius 2 is 0.644 bits per heavy atom. The molecule has 0 saturated carbocycles. The van der Waals surface area contributed by atoms with Crippen LogP contribution in [0.1, 0.15) is 367 Å². The van der Waals surface area contributed by atoms with Crippen LogP contribution in [-0.4, -0.2) is 47.4 Å². The number of ether oxygens (including phenoxy) is 1. The van der Waals surface area contributed by atoms with Crippen molar-refractivity contribution >= 4 is 11.9 Å². The summed E-state index contributed by atoms with van der Waals surface area (Å²) in [6.07, 6.45) is 78.0. The van der Waals surface area contributed by atoms with Crippen molar-refractivity contribution in [1.82, 2.24) is 5.32 Å². The Labute approximate surface area is 456 Å². The molecule has 1 amide bonds. The molecule has 0 aromatic heterocycles. The van der Waals surface area contributed by atoms with Crippen LogP contribution < -0.4 is 5.32 Å². The average Bonchev–Trinajstić information content (AvgIpc) is 3.39. The number of amides is 1. The molecule has 0 aliphatic carbocycles. The highest BCUT2D eigenvalue weighted by Gasteiger charge is 2.18. The predicted octanol–water partition coefficient (Wildman–Crippen LogP) is 21.0. The third kappa shape index (κ3) is 59.4. The van der Waals surface area contributed by atoms with Crippen molar-refractivity contribution in [3.8, 4) is 0 Å². The number of allylic oxidation sites excluding steroid dienone is 3. The molecule has 6 heteroatoms. The maximum absolute atomic E-state index is 12.5. The molecule has 0 aliphatic heterocycles. The van der Waals surface area contributed by atoms with Crippen LogP contribution in [0.2, 0.25) is 0 Å². The number of carbonyl (C=O) groups excluding carboxylic acids is 2. The summed E-state index contributed by atoms with van der Waals surface area (Å²) in [5.41, 5.74) is 0. The van der Waals surface area contributed by atoms with Gasteiger partial charge in [0.2, 0.25) is 5.91 Å². The van der Waals surface area contributed by atoms with E-state index < -0.39 is 12.1 Å². The van der Waals surface area contributed by atoms with E-state index in [9.17, 15) is 19.8 Å². The summed E-state index contributed by atoms with van der Waals surface area (Å²) in [4.78, 5) is 24.6. The first-order chi connectivity index (χ1) is 36.0. The van der Waals surface area contributed by atoms with Crippen molar-refractivity contribution in [1.29, 1.82) is 0 Å². The minimum atomic E-state index is -0.844. The number of nitrogens with one attached hydrogen (secondary N) is 1. The van der Waals surface area contributed by atoms with Crippen LogP contribution in [0.4, 0.5) is 0 Å². The summed E-state index contributed by atoms with van der Waals surface area (Å²) in [6.45, 7) is 4.92.